The molecule has 2 atom stereocenters. The van der Waals surface area contributed by atoms with Gasteiger partial charge in [-0.3, -0.25) is 0 Å². The molecule has 262 valence electrons. The summed E-state index contributed by atoms with van der Waals surface area (Å²) in [5.74, 6) is 1.66. The van der Waals surface area contributed by atoms with Crippen LogP contribution in [0.5, 0.6) is 0 Å². The lowest BCUT2D eigenvalue weighted by molar-refractivity contribution is 0.412. The van der Waals surface area contributed by atoms with E-state index >= 15 is 0 Å². The smallest absolute Gasteiger partial charge is 0.0445 e. The van der Waals surface area contributed by atoms with Crippen LogP contribution in [0.4, 0.5) is 0 Å². The average Bonchev–Trinajstić information content (AvgIpc) is 3.88. The Morgan fingerprint density at radius 1 is 0.458 bits per heavy atom. The summed E-state index contributed by atoms with van der Waals surface area (Å²) in [6, 6.07) is 14.9. The van der Waals surface area contributed by atoms with Gasteiger partial charge in [-0.1, -0.05) is 130 Å². The highest BCUT2D eigenvalue weighted by Gasteiger charge is 2.23. The van der Waals surface area contributed by atoms with Gasteiger partial charge in [0.1, 0.15) is 0 Å². The van der Waals surface area contributed by atoms with Crippen LogP contribution in [0, 0.1) is 25.7 Å². The average molecular weight is 719 g/mol. The molecule has 0 aliphatic rings. The summed E-state index contributed by atoms with van der Waals surface area (Å²) in [7, 11) is 0. The minimum absolute atomic E-state index is 0.828. The lowest BCUT2D eigenvalue weighted by Gasteiger charge is -2.16. The van der Waals surface area contributed by atoms with E-state index in [9.17, 15) is 0 Å². The SMILES string of the molecule is CCCCCCC(CCCC)Cc1ccc(-c2c3cc(C)sc3c(-c3ccc(CC(CCCC)CCCCCC)s3)c3cc(C)sc23)s1. The van der Waals surface area contributed by atoms with Crippen LogP contribution in [0.1, 0.15) is 150 Å². The molecule has 0 N–H and O–H groups in total. The summed E-state index contributed by atoms with van der Waals surface area (Å²) in [5.41, 5.74) is 3.00. The maximum atomic E-state index is 2.50. The van der Waals surface area contributed by atoms with Crippen molar-refractivity contribution < 1.29 is 0 Å². The standard InChI is InChI=1S/C44H62S4/c1-7-11-15-17-21-33(19-13-9-3)29-35-23-25-39(47-35)41-37-27-31(5)46-44(37)42(38-28-32(6)45-43(38)41)40-26-24-36(48-40)30-34(20-14-10-4)22-18-16-12-8-2/h23-28,33-34H,7-22,29-30H2,1-6H3. The van der Waals surface area contributed by atoms with E-state index in [1.165, 1.54) is 166 Å². The van der Waals surface area contributed by atoms with Crippen LogP contribution in [0.2, 0.25) is 0 Å². The maximum Gasteiger partial charge on any atom is 0.0445 e. The molecule has 5 rings (SSSR count). The maximum absolute atomic E-state index is 2.50. The van der Waals surface area contributed by atoms with Crippen molar-refractivity contribution in [1.82, 2.24) is 0 Å². The van der Waals surface area contributed by atoms with Gasteiger partial charge < -0.3 is 0 Å². The molecule has 2 unspecified atom stereocenters. The molecule has 0 fully saturated rings. The Labute approximate surface area is 309 Å². The van der Waals surface area contributed by atoms with Crippen LogP contribution in [0.15, 0.2) is 36.4 Å². The fourth-order valence-corrected chi connectivity index (χ4v) is 12.4. The van der Waals surface area contributed by atoms with Gasteiger partial charge in [-0.2, -0.15) is 0 Å². The van der Waals surface area contributed by atoms with E-state index in [0.29, 0.717) is 0 Å². The first-order valence-electron chi connectivity index (χ1n) is 19.6. The molecule has 0 radical (unpaired) electrons. The zero-order chi connectivity index (χ0) is 33.9. The number of benzene rings is 1. The second kappa shape index (κ2) is 19.2. The Bertz CT molecular complexity index is 1500. The van der Waals surface area contributed by atoms with E-state index in [-0.39, 0.29) is 0 Å². The van der Waals surface area contributed by atoms with Crippen molar-refractivity contribution in [3.63, 3.8) is 0 Å². The third-order valence-corrected chi connectivity index (χ3v) is 14.7. The summed E-state index contributed by atoms with van der Waals surface area (Å²) in [6.45, 7) is 14.0. The van der Waals surface area contributed by atoms with Crippen molar-refractivity contribution in [2.75, 3.05) is 0 Å². The number of aryl methyl sites for hydroxylation is 2. The molecule has 0 bridgehead atoms. The van der Waals surface area contributed by atoms with Crippen LogP contribution >= 0.6 is 45.3 Å². The molecule has 0 amide bonds. The van der Waals surface area contributed by atoms with Crippen molar-refractivity contribution in [3.05, 3.63) is 55.9 Å². The molecule has 1 aromatic carbocycles. The molecule has 4 heteroatoms. The van der Waals surface area contributed by atoms with Crippen molar-refractivity contribution in [2.45, 2.75) is 157 Å². The highest BCUT2D eigenvalue weighted by molar-refractivity contribution is 7.23. The quantitative estimate of drug-likeness (QED) is 0.0625. The number of unbranched alkanes of at least 4 members (excludes halogenated alkanes) is 8. The molecule has 0 spiro atoms. The summed E-state index contributed by atoms with van der Waals surface area (Å²) in [5, 5.41) is 2.95. The zero-order valence-electron chi connectivity index (χ0n) is 31.0. The summed E-state index contributed by atoms with van der Waals surface area (Å²) >= 11 is 8.19. The minimum atomic E-state index is 0.828. The van der Waals surface area contributed by atoms with Crippen molar-refractivity contribution in [1.29, 1.82) is 0 Å². The molecule has 0 saturated heterocycles. The second-order valence-electron chi connectivity index (χ2n) is 14.6. The molecule has 0 aliphatic heterocycles. The third kappa shape index (κ3) is 9.86. The Kier molecular flexibility index (Phi) is 15.1. The van der Waals surface area contributed by atoms with Gasteiger partial charge in [-0.05, 0) is 74.9 Å². The lowest BCUT2D eigenvalue weighted by Crippen LogP contribution is -2.04. The topological polar surface area (TPSA) is 0 Å². The summed E-state index contributed by atoms with van der Waals surface area (Å²) in [4.78, 5) is 8.97. The first-order chi connectivity index (χ1) is 23.4. The number of hydrogen-bond acceptors (Lipinski definition) is 4. The largest absolute Gasteiger partial charge is 0.140 e. The molecule has 48 heavy (non-hydrogen) atoms. The van der Waals surface area contributed by atoms with Crippen LogP contribution in [-0.2, 0) is 12.8 Å². The molecule has 0 nitrogen and oxygen atoms in total. The molecular weight excluding hydrogens is 657 g/mol. The first-order valence-corrected chi connectivity index (χ1v) is 22.9. The van der Waals surface area contributed by atoms with Crippen molar-refractivity contribution in [2.24, 2.45) is 11.8 Å². The van der Waals surface area contributed by atoms with Gasteiger partial charge in [0.15, 0.2) is 0 Å². The predicted octanol–water partition coefficient (Wildman–Crippen LogP) is 16.8. The molecule has 0 aliphatic carbocycles. The predicted molar refractivity (Wildman–Crippen MR) is 224 cm³/mol. The third-order valence-electron chi connectivity index (χ3n) is 10.4. The van der Waals surface area contributed by atoms with Crippen molar-refractivity contribution >= 4 is 65.5 Å². The number of fused-ring (bicyclic) bond motifs is 2. The number of thiophene rings is 4. The second-order valence-corrected chi connectivity index (χ2v) is 19.5. The number of rotatable bonds is 22. The summed E-state index contributed by atoms with van der Waals surface area (Å²) < 4.78 is 2.99. The molecule has 0 saturated carbocycles. The minimum Gasteiger partial charge on any atom is -0.140 e. The van der Waals surface area contributed by atoms with E-state index < -0.39 is 0 Å². The van der Waals surface area contributed by atoms with Crippen LogP contribution in [0.3, 0.4) is 0 Å². The molecule has 5 aromatic rings. The van der Waals surface area contributed by atoms with E-state index in [1.54, 1.807) is 9.75 Å². The Balaban J connectivity index is 1.46. The fourth-order valence-electron chi connectivity index (χ4n) is 7.72. The molecule has 4 heterocycles. The van der Waals surface area contributed by atoms with Crippen molar-refractivity contribution in [3.8, 4) is 20.9 Å². The zero-order valence-corrected chi connectivity index (χ0v) is 34.2. The molecule has 4 aromatic heterocycles. The Morgan fingerprint density at radius 3 is 1.25 bits per heavy atom. The Hall–Kier alpha value is -1.46. The highest BCUT2D eigenvalue weighted by Crippen LogP contribution is 2.51. The van der Waals surface area contributed by atoms with Gasteiger partial charge in [0.25, 0.3) is 0 Å². The van der Waals surface area contributed by atoms with E-state index in [2.05, 4.69) is 101 Å². The van der Waals surface area contributed by atoms with Gasteiger partial charge in [0.05, 0.1) is 0 Å². The highest BCUT2D eigenvalue weighted by atomic mass is 32.1. The van der Waals surface area contributed by atoms with E-state index in [4.69, 9.17) is 0 Å². The van der Waals surface area contributed by atoms with Gasteiger partial charge in [0.2, 0.25) is 0 Å². The van der Waals surface area contributed by atoms with Crippen LogP contribution in [0.25, 0.3) is 41.1 Å². The first kappa shape index (κ1) is 37.8. The Morgan fingerprint density at radius 2 is 0.854 bits per heavy atom. The lowest BCUT2D eigenvalue weighted by atomic mass is 9.92. The van der Waals surface area contributed by atoms with Crippen LogP contribution in [-0.4, -0.2) is 0 Å². The van der Waals surface area contributed by atoms with E-state index in [0.717, 1.165) is 11.8 Å². The van der Waals surface area contributed by atoms with Crippen LogP contribution < -0.4 is 0 Å². The van der Waals surface area contributed by atoms with Gasteiger partial charge in [-0.15, -0.1) is 45.3 Å². The summed E-state index contributed by atoms with van der Waals surface area (Å²) in [6.07, 6.45) is 24.4. The monoisotopic (exact) mass is 718 g/mol. The van der Waals surface area contributed by atoms with Gasteiger partial charge in [0, 0.05) is 60.6 Å². The van der Waals surface area contributed by atoms with E-state index in [1.807, 2.05) is 22.7 Å². The number of hydrogen-bond donors (Lipinski definition) is 0. The van der Waals surface area contributed by atoms with Gasteiger partial charge in [-0.25, -0.2) is 0 Å². The normalized spacial score (nSPS) is 13.3. The fraction of sp³-hybridized carbons (Fsp3) is 0.591. The van der Waals surface area contributed by atoms with Gasteiger partial charge >= 0.3 is 0 Å². The molecular formula is C44H62S4.